The number of urea groups is 1. The second kappa shape index (κ2) is 9.61. The van der Waals surface area contributed by atoms with Gasteiger partial charge in [-0.1, -0.05) is 33.6 Å². The van der Waals surface area contributed by atoms with E-state index < -0.39 is 5.97 Å². The molecule has 5 nitrogen and oxygen atoms in total. The minimum absolute atomic E-state index is 0.0709. The summed E-state index contributed by atoms with van der Waals surface area (Å²) in [5.41, 5.74) is 0. The fourth-order valence-corrected chi connectivity index (χ4v) is 1.99. The van der Waals surface area contributed by atoms with E-state index in [0.29, 0.717) is 5.92 Å². The summed E-state index contributed by atoms with van der Waals surface area (Å²) in [5.74, 6) is -0.311. The molecule has 0 saturated carbocycles. The number of hydrogen-bond donors (Lipinski definition) is 2. The maximum Gasteiger partial charge on any atom is 0.323 e. The third-order valence-electron chi connectivity index (χ3n) is 3.48. The summed E-state index contributed by atoms with van der Waals surface area (Å²) in [6.07, 6.45) is 3.87. The fourth-order valence-electron chi connectivity index (χ4n) is 1.99. The Morgan fingerprint density at radius 3 is 2.20 bits per heavy atom. The summed E-state index contributed by atoms with van der Waals surface area (Å²) in [5, 5.41) is 11.8. The molecule has 0 aromatic rings. The van der Waals surface area contributed by atoms with E-state index in [-0.39, 0.29) is 24.7 Å². The zero-order chi connectivity index (χ0) is 15.7. The Morgan fingerprint density at radius 2 is 1.75 bits per heavy atom. The van der Waals surface area contributed by atoms with Gasteiger partial charge in [-0.25, -0.2) is 4.79 Å². The largest absolute Gasteiger partial charge is 0.480 e. The lowest BCUT2D eigenvalue weighted by Crippen LogP contribution is -2.49. The van der Waals surface area contributed by atoms with E-state index in [9.17, 15) is 9.59 Å². The number of hydrogen-bond acceptors (Lipinski definition) is 2. The van der Waals surface area contributed by atoms with Gasteiger partial charge in [-0.3, -0.25) is 4.79 Å². The SMILES string of the molecule is CCC(C)N(CC(=O)O)C(=O)NC(C)CCCC(C)C. The van der Waals surface area contributed by atoms with E-state index in [1.807, 2.05) is 20.8 Å². The van der Waals surface area contributed by atoms with Crippen LogP contribution >= 0.6 is 0 Å². The summed E-state index contributed by atoms with van der Waals surface area (Å²) in [7, 11) is 0. The molecule has 0 fully saturated rings. The zero-order valence-electron chi connectivity index (χ0n) is 13.5. The normalized spacial score (nSPS) is 13.9. The molecule has 0 radical (unpaired) electrons. The smallest absolute Gasteiger partial charge is 0.323 e. The fraction of sp³-hybridized carbons (Fsp3) is 0.867. The second-order valence-electron chi connectivity index (χ2n) is 5.95. The molecule has 0 saturated heterocycles. The number of carboxylic acid groups (broad SMARTS) is 1. The Bertz CT molecular complexity index is 305. The van der Waals surface area contributed by atoms with Gasteiger partial charge in [0.15, 0.2) is 0 Å². The Morgan fingerprint density at radius 1 is 1.15 bits per heavy atom. The molecule has 118 valence electrons. The van der Waals surface area contributed by atoms with Gasteiger partial charge >= 0.3 is 12.0 Å². The van der Waals surface area contributed by atoms with E-state index >= 15 is 0 Å². The molecule has 2 unspecified atom stereocenters. The molecule has 0 aliphatic rings. The van der Waals surface area contributed by atoms with Gasteiger partial charge in [0.25, 0.3) is 0 Å². The number of nitrogens with one attached hydrogen (secondary N) is 1. The summed E-state index contributed by atoms with van der Waals surface area (Å²) in [6.45, 7) is 9.89. The highest BCUT2D eigenvalue weighted by molar-refractivity contribution is 5.80. The summed E-state index contributed by atoms with van der Waals surface area (Å²) < 4.78 is 0. The van der Waals surface area contributed by atoms with Gasteiger partial charge < -0.3 is 15.3 Å². The van der Waals surface area contributed by atoms with Crippen molar-refractivity contribution in [2.75, 3.05) is 6.54 Å². The molecule has 20 heavy (non-hydrogen) atoms. The first-order valence-corrected chi connectivity index (χ1v) is 7.56. The van der Waals surface area contributed by atoms with Crippen molar-refractivity contribution >= 4 is 12.0 Å². The maximum atomic E-state index is 12.1. The van der Waals surface area contributed by atoms with Crippen LogP contribution in [-0.4, -0.2) is 40.6 Å². The van der Waals surface area contributed by atoms with Crippen LogP contribution in [0.4, 0.5) is 4.79 Å². The molecule has 0 spiro atoms. The lowest BCUT2D eigenvalue weighted by molar-refractivity contribution is -0.138. The molecule has 0 aliphatic carbocycles. The molecule has 0 aromatic heterocycles. The van der Waals surface area contributed by atoms with Crippen molar-refractivity contribution < 1.29 is 14.7 Å². The van der Waals surface area contributed by atoms with Crippen molar-refractivity contribution in [2.24, 2.45) is 5.92 Å². The highest BCUT2D eigenvalue weighted by atomic mass is 16.4. The van der Waals surface area contributed by atoms with Crippen molar-refractivity contribution in [3.05, 3.63) is 0 Å². The van der Waals surface area contributed by atoms with Gasteiger partial charge in [0.05, 0.1) is 0 Å². The summed E-state index contributed by atoms with van der Waals surface area (Å²) >= 11 is 0. The molecule has 0 aliphatic heterocycles. The van der Waals surface area contributed by atoms with E-state index in [0.717, 1.165) is 25.7 Å². The molecule has 0 heterocycles. The van der Waals surface area contributed by atoms with Crippen molar-refractivity contribution in [3.63, 3.8) is 0 Å². The third kappa shape index (κ3) is 8.02. The topological polar surface area (TPSA) is 69.6 Å². The van der Waals surface area contributed by atoms with Gasteiger partial charge in [-0.2, -0.15) is 0 Å². The molecular weight excluding hydrogens is 256 g/mol. The molecule has 2 amide bonds. The molecule has 5 heteroatoms. The van der Waals surface area contributed by atoms with Gasteiger partial charge in [-0.05, 0) is 32.6 Å². The Kier molecular flexibility index (Phi) is 9.01. The molecule has 2 N–H and O–H groups in total. The van der Waals surface area contributed by atoms with E-state index in [1.165, 1.54) is 4.90 Å². The average molecular weight is 286 g/mol. The standard InChI is InChI=1S/C15H30N2O3/c1-6-13(5)17(10-14(18)19)15(20)16-12(4)9-7-8-11(2)3/h11-13H,6-10H2,1-5H3,(H,16,20)(H,18,19). The number of nitrogens with zero attached hydrogens (tertiary/aromatic N) is 1. The molecule has 2 atom stereocenters. The minimum Gasteiger partial charge on any atom is -0.480 e. The predicted octanol–water partition coefficient (Wildman–Crippen LogP) is 3.10. The van der Waals surface area contributed by atoms with Crippen molar-refractivity contribution in [1.29, 1.82) is 0 Å². The van der Waals surface area contributed by atoms with Crippen LogP contribution in [0.1, 0.15) is 60.3 Å². The Balaban J connectivity index is 4.33. The first kappa shape index (κ1) is 18.7. The van der Waals surface area contributed by atoms with Crippen LogP contribution in [0.25, 0.3) is 0 Å². The van der Waals surface area contributed by atoms with Crippen molar-refractivity contribution in [2.45, 2.75) is 72.4 Å². The summed E-state index contributed by atoms with van der Waals surface area (Å²) in [4.78, 5) is 24.4. The summed E-state index contributed by atoms with van der Waals surface area (Å²) in [6, 6.07) is -0.283. The quantitative estimate of drug-likeness (QED) is 0.684. The molecular formula is C15H30N2O3. The number of amides is 2. The van der Waals surface area contributed by atoms with Gasteiger partial charge in [0.2, 0.25) is 0 Å². The molecule has 0 aromatic carbocycles. The number of rotatable bonds is 9. The van der Waals surface area contributed by atoms with Crippen molar-refractivity contribution in [3.8, 4) is 0 Å². The van der Waals surface area contributed by atoms with Crippen LogP contribution in [0.3, 0.4) is 0 Å². The second-order valence-corrected chi connectivity index (χ2v) is 5.95. The van der Waals surface area contributed by atoms with E-state index in [4.69, 9.17) is 5.11 Å². The Hall–Kier alpha value is -1.26. The Labute approximate surface area is 122 Å². The number of carboxylic acids is 1. The molecule has 0 bridgehead atoms. The first-order chi connectivity index (χ1) is 9.27. The monoisotopic (exact) mass is 286 g/mol. The molecule has 0 rings (SSSR count). The van der Waals surface area contributed by atoms with Gasteiger partial charge in [0.1, 0.15) is 6.54 Å². The minimum atomic E-state index is -0.979. The predicted molar refractivity (Wildman–Crippen MR) is 80.8 cm³/mol. The van der Waals surface area contributed by atoms with Crippen molar-refractivity contribution in [1.82, 2.24) is 10.2 Å². The van der Waals surface area contributed by atoms with E-state index in [1.54, 1.807) is 0 Å². The lowest BCUT2D eigenvalue weighted by Gasteiger charge is -2.28. The van der Waals surface area contributed by atoms with Crippen LogP contribution in [0.2, 0.25) is 0 Å². The highest BCUT2D eigenvalue weighted by Gasteiger charge is 2.22. The zero-order valence-corrected chi connectivity index (χ0v) is 13.5. The highest BCUT2D eigenvalue weighted by Crippen LogP contribution is 2.09. The van der Waals surface area contributed by atoms with Crippen LogP contribution in [-0.2, 0) is 4.79 Å². The number of carbonyl (C=O) groups excluding carboxylic acids is 1. The van der Waals surface area contributed by atoms with Crippen LogP contribution in [0.5, 0.6) is 0 Å². The van der Waals surface area contributed by atoms with Gasteiger partial charge in [-0.15, -0.1) is 0 Å². The van der Waals surface area contributed by atoms with Gasteiger partial charge in [0, 0.05) is 12.1 Å². The van der Waals surface area contributed by atoms with Crippen LogP contribution < -0.4 is 5.32 Å². The average Bonchev–Trinajstić information content (AvgIpc) is 2.34. The lowest BCUT2D eigenvalue weighted by atomic mass is 10.0. The third-order valence-corrected chi connectivity index (χ3v) is 3.48. The maximum absolute atomic E-state index is 12.1. The van der Waals surface area contributed by atoms with E-state index in [2.05, 4.69) is 19.2 Å². The number of carbonyl (C=O) groups is 2. The number of aliphatic carboxylic acids is 1. The first-order valence-electron chi connectivity index (χ1n) is 7.56. The van der Waals surface area contributed by atoms with Crippen LogP contribution in [0, 0.1) is 5.92 Å². The van der Waals surface area contributed by atoms with Crippen LogP contribution in [0.15, 0.2) is 0 Å².